The van der Waals surface area contributed by atoms with E-state index in [9.17, 15) is 4.79 Å². The molecule has 0 bridgehead atoms. The van der Waals surface area contributed by atoms with Crippen LogP contribution in [-0.2, 0) is 11.2 Å². The van der Waals surface area contributed by atoms with Crippen molar-refractivity contribution in [3.8, 4) is 5.75 Å². The summed E-state index contributed by atoms with van der Waals surface area (Å²) in [7, 11) is 1.66. The highest BCUT2D eigenvalue weighted by molar-refractivity contribution is 5.79. The summed E-state index contributed by atoms with van der Waals surface area (Å²) < 4.78 is 7.07. The molecule has 1 aliphatic heterocycles. The second kappa shape index (κ2) is 6.55. The van der Waals surface area contributed by atoms with Crippen LogP contribution in [0.2, 0.25) is 0 Å². The van der Waals surface area contributed by atoms with Crippen LogP contribution in [0.25, 0.3) is 11.0 Å². The van der Waals surface area contributed by atoms with Crippen molar-refractivity contribution in [1.29, 1.82) is 0 Å². The molecule has 1 aliphatic rings. The molecule has 6 nitrogen and oxygen atoms in total. The highest BCUT2D eigenvalue weighted by Crippen LogP contribution is 2.30. The minimum atomic E-state index is -0.0573. The largest absolute Gasteiger partial charge is 0.497 e. The van der Waals surface area contributed by atoms with Crippen LogP contribution in [0, 0.1) is 0 Å². The van der Waals surface area contributed by atoms with Crippen molar-refractivity contribution in [3.05, 3.63) is 54.1 Å². The summed E-state index contributed by atoms with van der Waals surface area (Å²) in [5.74, 6) is 1.02. The van der Waals surface area contributed by atoms with Gasteiger partial charge in [0.1, 0.15) is 17.4 Å². The first-order valence-corrected chi connectivity index (χ1v) is 8.48. The number of methoxy groups -OCH3 is 1. The number of hydrogen-bond acceptors (Lipinski definition) is 4. The molecule has 6 heteroatoms. The minimum Gasteiger partial charge on any atom is -0.497 e. The van der Waals surface area contributed by atoms with Gasteiger partial charge in [-0.15, -0.1) is 5.10 Å². The Morgan fingerprint density at radius 2 is 1.96 bits per heavy atom. The van der Waals surface area contributed by atoms with E-state index < -0.39 is 0 Å². The van der Waals surface area contributed by atoms with Crippen molar-refractivity contribution in [2.24, 2.45) is 0 Å². The van der Waals surface area contributed by atoms with Crippen molar-refractivity contribution in [2.75, 3.05) is 13.7 Å². The number of aromatic nitrogens is 3. The normalized spacial score (nSPS) is 17.4. The number of likely N-dealkylation sites (tertiary alicyclic amines) is 1. The van der Waals surface area contributed by atoms with Gasteiger partial charge in [-0.2, -0.15) is 0 Å². The number of para-hydroxylation sites is 1. The first-order chi connectivity index (χ1) is 12.3. The van der Waals surface area contributed by atoms with Gasteiger partial charge in [-0.3, -0.25) is 4.79 Å². The average molecular weight is 336 g/mol. The molecule has 25 heavy (non-hydrogen) atoms. The zero-order valence-electron chi connectivity index (χ0n) is 14.1. The Morgan fingerprint density at radius 1 is 1.16 bits per heavy atom. The van der Waals surface area contributed by atoms with Crippen molar-refractivity contribution < 1.29 is 9.53 Å². The molecule has 1 saturated heterocycles. The number of amides is 1. The SMILES string of the molecule is COc1ccc(CCN2C(=O)CCC2n2nnc3ccccc32)cc1. The molecule has 0 aliphatic carbocycles. The fraction of sp³-hybridized carbons (Fsp3) is 0.316. The van der Waals surface area contributed by atoms with Gasteiger partial charge in [0.05, 0.1) is 12.6 Å². The number of fused-ring (bicyclic) bond motifs is 1. The second-order valence-corrected chi connectivity index (χ2v) is 6.23. The number of nitrogens with zero attached hydrogens (tertiary/aromatic N) is 4. The molecule has 4 rings (SSSR count). The summed E-state index contributed by atoms with van der Waals surface area (Å²) in [4.78, 5) is 14.3. The van der Waals surface area contributed by atoms with Crippen LogP contribution in [0.1, 0.15) is 24.6 Å². The van der Waals surface area contributed by atoms with E-state index in [4.69, 9.17) is 4.74 Å². The molecule has 1 fully saturated rings. The standard InChI is InChI=1S/C19H20N4O2/c1-25-15-8-6-14(7-9-15)12-13-22-18(10-11-19(22)24)23-17-5-3-2-4-16(17)20-21-23/h2-9,18H,10-13H2,1H3. The summed E-state index contributed by atoms with van der Waals surface area (Å²) in [5, 5.41) is 8.52. The van der Waals surface area contributed by atoms with Crippen LogP contribution in [0.15, 0.2) is 48.5 Å². The number of carbonyl (C=O) groups excluding carboxylic acids is 1. The molecule has 2 aromatic carbocycles. The van der Waals surface area contributed by atoms with Crippen molar-refractivity contribution in [3.63, 3.8) is 0 Å². The van der Waals surface area contributed by atoms with E-state index in [-0.39, 0.29) is 12.1 Å². The molecular formula is C19H20N4O2. The van der Waals surface area contributed by atoms with Crippen LogP contribution >= 0.6 is 0 Å². The van der Waals surface area contributed by atoms with E-state index in [1.165, 1.54) is 5.56 Å². The van der Waals surface area contributed by atoms with Crippen molar-refractivity contribution >= 4 is 16.9 Å². The van der Waals surface area contributed by atoms with E-state index in [0.717, 1.165) is 29.6 Å². The van der Waals surface area contributed by atoms with Crippen molar-refractivity contribution in [2.45, 2.75) is 25.4 Å². The van der Waals surface area contributed by atoms with Gasteiger partial charge in [0.15, 0.2) is 0 Å². The topological polar surface area (TPSA) is 60.2 Å². The zero-order valence-corrected chi connectivity index (χ0v) is 14.1. The third-order valence-corrected chi connectivity index (χ3v) is 4.76. The van der Waals surface area contributed by atoms with E-state index in [0.29, 0.717) is 13.0 Å². The molecule has 3 aromatic rings. The summed E-state index contributed by atoms with van der Waals surface area (Å²) in [5.41, 5.74) is 3.01. The average Bonchev–Trinajstić information content (AvgIpc) is 3.23. The Kier molecular flexibility index (Phi) is 4.09. The van der Waals surface area contributed by atoms with E-state index in [2.05, 4.69) is 10.3 Å². The molecule has 128 valence electrons. The van der Waals surface area contributed by atoms with E-state index >= 15 is 0 Å². The smallest absolute Gasteiger partial charge is 0.224 e. The highest BCUT2D eigenvalue weighted by Gasteiger charge is 2.33. The summed E-state index contributed by atoms with van der Waals surface area (Å²) in [6, 6.07) is 15.8. The molecule has 1 unspecified atom stereocenters. The Balaban J connectivity index is 1.53. The molecular weight excluding hydrogens is 316 g/mol. The van der Waals surface area contributed by atoms with Crippen LogP contribution in [0.4, 0.5) is 0 Å². The molecule has 1 atom stereocenters. The predicted octanol–water partition coefficient (Wildman–Crippen LogP) is 2.80. The van der Waals surface area contributed by atoms with Crippen LogP contribution in [0.3, 0.4) is 0 Å². The summed E-state index contributed by atoms with van der Waals surface area (Å²) in [6.45, 7) is 0.671. The third kappa shape index (κ3) is 2.95. The predicted molar refractivity (Wildman–Crippen MR) is 94.2 cm³/mol. The Bertz CT molecular complexity index is 888. The van der Waals surface area contributed by atoms with Crippen LogP contribution in [0.5, 0.6) is 5.75 Å². The van der Waals surface area contributed by atoms with Crippen LogP contribution < -0.4 is 4.74 Å². The maximum atomic E-state index is 12.4. The number of hydrogen-bond donors (Lipinski definition) is 0. The fourth-order valence-electron chi connectivity index (χ4n) is 3.40. The summed E-state index contributed by atoms with van der Waals surface area (Å²) >= 11 is 0. The van der Waals surface area contributed by atoms with Gasteiger partial charge in [-0.1, -0.05) is 29.5 Å². The fourth-order valence-corrected chi connectivity index (χ4v) is 3.40. The molecule has 2 heterocycles. The molecule has 0 N–H and O–H groups in total. The van der Waals surface area contributed by atoms with Crippen molar-refractivity contribution in [1.82, 2.24) is 19.9 Å². The molecule has 0 spiro atoms. The van der Waals surface area contributed by atoms with Gasteiger partial charge in [-0.05, 0) is 42.7 Å². The van der Waals surface area contributed by atoms with Crippen LogP contribution in [-0.4, -0.2) is 39.5 Å². The first kappa shape index (κ1) is 15.6. The molecule has 0 saturated carbocycles. The first-order valence-electron chi connectivity index (χ1n) is 8.48. The van der Waals surface area contributed by atoms with Gasteiger partial charge >= 0.3 is 0 Å². The van der Waals surface area contributed by atoms with E-state index in [1.54, 1.807) is 7.11 Å². The lowest BCUT2D eigenvalue weighted by atomic mass is 10.1. The maximum Gasteiger partial charge on any atom is 0.224 e. The van der Waals surface area contributed by atoms with Gasteiger partial charge in [0, 0.05) is 13.0 Å². The number of carbonyl (C=O) groups is 1. The lowest BCUT2D eigenvalue weighted by Crippen LogP contribution is -2.33. The monoisotopic (exact) mass is 336 g/mol. The molecule has 1 amide bonds. The minimum absolute atomic E-state index is 0.0573. The number of benzene rings is 2. The second-order valence-electron chi connectivity index (χ2n) is 6.23. The number of ether oxygens (including phenoxy) is 1. The van der Waals surface area contributed by atoms with Gasteiger partial charge in [-0.25, -0.2) is 4.68 Å². The van der Waals surface area contributed by atoms with Gasteiger partial charge < -0.3 is 9.64 Å². The Labute approximate surface area is 146 Å². The highest BCUT2D eigenvalue weighted by atomic mass is 16.5. The quantitative estimate of drug-likeness (QED) is 0.719. The number of rotatable bonds is 5. The molecule has 0 radical (unpaired) electrons. The van der Waals surface area contributed by atoms with Gasteiger partial charge in [0.25, 0.3) is 0 Å². The lowest BCUT2D eigenvalue weighted by molar-refractivity contribution is -0.130. The van der Waals surface area contributed by atoms with Gasteiger partial charge in [0.2, 0.25) is 5.91 Å². The Hall–Kier alpha value is -2.89. The maximum absolute atomic E-state index is 12.4. The molecule has 1 aromatic heterocycles. The van der Waals surface area contributed by atoms with E-state index in [1.807, 2.05) is 58.1 Å². The lowest BCUT2D eigenvalue weighted by Gasteiger charge is -2.25. The third-order valence-electron chi connectivity index (χ3n) is 4.76. The zero-order chi connectivity index (χ0) is 17.2. The summed E-state index contributed by atoms with van der Waals surface area (Å²) in [6.07, 6.45) is 2.08. The Morgan fingerprint density at radius 3 is 2.76 bits per heavy atom.